The Labute approximate surface area is 164 Å². The van der Waals surface area contributed by atoms with Crippen LogP contribution < -0.4 is 9.64 Å². The first-order chi connectivity index (χ1) is 12.8. The average molecular weight is 387 g/mol. The van der Waals surface area contributed by atoms with Crippen molar-refractivity contribution >= 4 is 13.1 Å². The highest BCUT2D eigenvalue weighted by molar-refractivity contribution is 7.62. The summed E-state index contributed by atoms with van der Waals surface area (Å²) >= 11 is 0. The third-order valence-electron chi connectivity index (χ3n) is 4.17. The Balaban J connectivity index is 3.29. The molecule has 0 aliphatic carbocycles. The number of methoxy groups -OCH3 is 1. The van der Waals surface area contributed by atoms with Crippen LogP contribution in [0.25, 0.3) is 0 Å². The summed E-state index contributed by atoms with van der Waals surface area (Å²) in [4.78, 5) is 2.22. The Hall–Kier alpha value is -2.21. The number of rotatable bonds is 8. The molecule has 1 unspecified atom stereocenters. The summed E-state index contributed by atoms with van der Waals surface area (Å²) in [5, 5.41) is 0.436. The van der Waals surface area contributed by atoms with Gasteiger partial charge in [-0.05, 0) is 45.0 Å². The van der Waals surface area contributed by atoms with Crippen molar-refractivity contribution in [2.45, 2.75) is 20.8 Å². The van der Waals surface area contributed by atoms with Crippen LogP contribution in [0.1, 0.15) is 26.3 Å². The molecule has 27 heavy (non-hydrogen) atoms. The van der Waals surface area contributed by atoms with Crippen molar-refractivity contribution in [2.75, 3.05) is 38.9 Å². The molecule has 5 heteroatoms. The summed E-state index contributed by atoms with van der Waals surface area (Å²) in [5.74, 6) is 7.13. The minimum Gasteiger partial charge on any atom is -0.495 e. The minimum atomic E-state index is -2.87. The zero-order valence-corrected chi connectivity index (χ0v) is 18.1. The quantitative estimate of drug-likeness (QED) is 0.337. The van der Waals surface area contributed by atoms with Crippen molar-refractivity contribution in [3.8, 4) is 17.6 Å². The van der Waals surface area contributed by atoms with Crippen LogP contribution in [0.3, 0.4) is 0 Å². The van der Waals surface area contributed by atoms with E-state index in [2.05, 4.69) is 37.2 Å². The van der Waals surface area contributed by atoms with Gasteiger partial charge in [0.05, 0.1) is 12.8 Å². The molecule has 1 aromatic carbocycles. The number of allylic oxidation sites excluding steroid dienone is 5. The molecule has 0 aliphatic heterocycles. The van der Waals surface area contributed by atoms with Crippen LogP contribution in [-0.4, -0.2) is 34.0 Å². The first-order valence-corrected chi connectivity index (χ1v) is 11.0. The van der Waals surface area contributed by atoms with E-state index in [4.69, 9.17) is 9.26 Å². The number of benzene rings is 1. The molecule has 0 spiro atoms. The molecule has 0 saturated carbocycles. The van der Waals surface area contributed by atoms with Gasteiger partial charge in [0.2, 0.25) is 7.37 Å². The molecule has 0 heterocycles. The van der Waals surface area contributed by atoms with Crippen LogP contribution in [0.15, 0.2) is 53.9 Å². The molecular formula is C22H30NO3P. The molecule has 1 atom stereocenters. The van der Waals surface area contributed by atoms with Crippen molar-refractivity contribution in [3.05, 3.63) is 59.5 Å². The fraction of sp³-hybridized carbons (Fsp3) is 0.364. The molecule has 0 amide bonds. The van der Waals surface area contributed by atoms with Crippen LogP contribution >= 0.6 is 7.37 Å². The summed E-state index contributed by atoms with van der Waals surface area (Å²) in [6, 6.07) is 5.89. The number of hydrogen-bond donors (Lipinski definition) is 0. The predicted molar refractivity (Wildman–Crippen MR) is 116 cm³/mol. The van der Waals surface area contributed by atoms with Gasteiger partial charge in [-0.2, -0.15) is 0 Å². The summed E-state index contributed by atoms with van der Waals surface area (Å²) in [7, 11) is 0.222. The first kappa shape index (κ1) is 22.8. The predicted octanol–water partition coefficient (Wildman–Crippen LogP) is 5.46. The highest BCUT2D eigenvalue weighted by Crippen LogP contribution is 2.50. The highest BCUT2D eigenvalue weighted by atomic mass is 31.2. The smallest absolute Gasteiger partial charge is 0.228 e. The monoisotopic (exact) mass is 387 g/mol. The normalized spacial score (nSPS) is 13.6. The Morgan fingerprint density at radius 1 is 1.30 bits per heavy atom. The SMILES string of the molecule is C=C(/C=C(C#Cc1ccc(OC)c(N(CC)CC)c1)\C=C/C)P(C)(=O)OC. The van der Waals surface area contributed by atoms with E-state index >= 15 is 0 Å². The van der Waals surface area contributed by atoms with E-state index in [-0.39, 0.29) is 0 Å². The molecule has 0 saturated heterocycles. The molecule has 0 radical (unpaired) electrons. The zero-order chi connectivity index (χ0) is 20.4. The molecule has 1 rings (SSSR count). The van der Waals surface area contributed by atoms with Crippen molar-refractivity contribution in [2.24, 2.45) is 0 Å². The van der Waals surface area contributed by atoms with Crippen molar-refractivity contribution < 1.29 is 13.8 Å². The van der Waals surface area contributed by atoms with E-state index in [0.29, 0.717) is 5.31 Å². The van der Waals surface area contributed by atoms with Gasteiger partial charge in [0.1, 0.15) is 5.75 Å². The summed E-state index contributed by atoms with van der Waals surface area (Å²) < 4.78 is 22.8. The fourth-order valence-corrected chi connectivity index (χ4v) is 3.05. The van der Waals surface area contributed by atoms with Gasteiger partial charge in [-0.3, -0.25) is 4.57 Å². The van der Waals surface area contributed by atoms with Gasteiger partial charge < -0.3 is 14.2 Å². The molecule has 0 aliphatic rings. The van der Waals surface area contributed by atoms with Gasteiger partial charge in [-0.15, -0.1) is 0 Å². The van der Waals surface area contributed by atoms with Gasteiger partial charge in [-0.1, -0.05) is 30.6 Å². The molecule has 4 nitrogen and oxygen atoms in total. The number of ether oxygens (including phenoxy) is 1. The van der Waals surface area contributed by atoms with Crippen molar-refractivity contribution in [3.63, 3.8) is 0 Å². The van der Waals surface area contributed by atoms with E-state index < -0.39 is 7.37 Å². The van der Waals surface area contributed by atoms with Crippen LogP contribution in [0.4, 0.5) is 5.69 Å². The third-order valence-corrected chi connectivity index (χ3v) is 6.04. The lowest BCUT2D eigenvalue weighted by atomic mass is 10.1. The van der Waals surface area contributed by atoms with Crippen molar-refractivity contribution in [1.82, 2.24) is 0 Å². The van der Waals surface area contributed by atoms with E-state index in [1.165, 1.54) is 7.11 Å². The van der Waals surface area contributed by atoms with E-state index in [9.17, 15) is 4.57 Å². The fourth-order valence-electron chi connectivity index (χ4n) is 2.44. The van der Waals surface area contributed by atoms with Gasteiger partial charge in [0.15, 0.2) is 0 Å². The van der Waals surface area contributed by atoms with Gasteiger partial charge in [0, 0.05) is 43.3 Å². The number of nitrogens with zero attached hydrogens (tertiary/aromatic N) is 1. The summed E-state index contributed by atoms with van der Waals surface area (Å²) in [6.45, 7) is 13.3. The van der Waals surface area contributed by atoms with Crippen LogP contribution in [0.5, 0.6) is 5.75 Å². The van der Waals surface area contributed by atoms with Gasteiger partial charge in [0.25, 0.3) is 0 Å². The van der Waals surface area contributed by atoms with E-state index in [0.717, 1.165) is 35.7 Å². The maximum Gasteiger partial charge on any atom is 0.228 e. The second-order valence-electron chi connectivity index (χ2n) is 5.93. The maximum absolute atomic E-state index is 12.3. The lowest BCUT2D eigenvalue weighted by molar-refractivity contribution is 0.406. The molecule has 0 bridgehead atoms. The molecule has 0 N–H and O–H groups in total. The lowest BCUT2D eigenvalue weighted by Gasteiger charge is -2.23. The molecule has 1 aromatic rings. The summed E-state index contributed by atoms with van der Waals surface area (Å²) in [6.07, 6.45) is 5.46. The molecule has 146 valence electrons. The van der Waals surface area contributed by atoms with E-state index in [1.54, 1.807) is 19.9 Å². The van der Waals surface area contributed by atoms with Gasteiger partial charge >= 0.3 is 0 Å². The van der Waals surface area contributed by atoms with Gasteiger partial charge in [-0.25, -0.2) is 0 Å². The third kappa shape index (κ3) is 6.47. The molecule has 0 fully saturated rings. The molecular weight excluding hydrogens is 357 g/mol. The highest BCUT2D eigenvalue weighted by Gasteiger charge is 2.16. The lowest BCUT2D eigenvalue weighted by Crippen LogP contribution is -2.22. The minimum absolute atomic E-state index is 0.436. The Morgan fingerprint density at radius 3 is 2.48 bits per heavy atom. The molecule has 0 aromatic heterocycles. The second-order valence-corrected chi connectivity index (χ2v) is 8.56. The Bertz CT molecular complexity index is 824. The van der Waals surface area contributed by atoms with Crippen LogP contribution in [-0.2, 0) is 9.09 Å². The number of anilines is 1. The van der Waals surface area contributed by atoms with Crippen LogP contribution in [0, 0.1) is 11.8 Å². The van der Waals surface area contributed by atoms with Crippen molar-refractivity contribution in [1.29, 1.82) is 0 Å². The van der Waals surface area contributed by atoms with E-state index in [1.807, 2.05) is 37.3 Å². The standard InChI is InChI=1S/C22H30NO3P/c1-8-11-19(16-18(4)27(7,24)26-6)12-13-20-14-15-22(25-5)21(17-20)23(9-2)10-3/h8,11,14-17H,4,9-10H2,1-3,5-7H3/b11-8-,19-16+. The second kappa shape index (κ2) is 10.8. The number of hydrogen-bond acceptors (Lipinski definition) is 4. The topological polar surface area (TPSA) is 38.8 Å². The Kier molecular flexibility index (Phi) is 9.15. The largest absolute Gasteiger partial charge is 0.495 e. The zero-order valence-electron chi connectivity index (χ0n) is 17.2. The first-order valence-electron chi connectivity index (χ1n) is 8.95. The average Bonchev–Trinajstić information content (AvgIpc) is 2.67. The summed E-state index contributed by atoms with van der Waals surface area (Å²) in [5.41, 5.74) is 2.62. The van der Waals surface area contributed by atoms with Crippen LogP contribution in [0.2, 0.25) is 0 Å². The Morgan fingerprint density at radius 2 is 1.96 bits per heavy atom. The maximum atomic E-state index is 12.3.